The molecule has 0 aromatic carbocycles. The highest BCUT2D eigenvalue weighted by molar-refractivity contribution is 7.85. The minimum absolute atomic E-state index is 0.279. The van der Waals surface area contributed by atoms with Crippen LogP contribution >= 0.6 is 0 Å². The Morgan fingerprint density at radius 2 is 1.92 bits per heavy atom. The van der Waals surface area contributed by atoms with Gasteiger partial charge in [0.15, 0.2) is 0 Å². The molecule has 0 aliphatic carbocycles. The molecular formula is C8H16O4S. The monoisotopic (exact) mass is 208 g/mol. The van der Waals surface area contributed by atoms with Gasteiger partial charge in [-0.3, -0.25) is 4.55 Å². The van der Waals surface area contributed by atoms with Crippen LogP contribution in [0.3, 0.4) is 0 Å². The van der Waals surface area contributed by atoms with E-state index in [0.717, 1.165) is 12.8 Å². The van der Waals surface area contributed by atoms with Crippen molar-refractivity contribution in [2.24, 2.45) is 0 Å². The molecule has 0 radical (unpaired) electrons. The molecule has 0 aromatic heterocycles. The van der Waals surface area contributed by atoms with Crippen molar-refractivity contribution in [1.82, 2.24) is 0 Å². The maximum atomic E-state index is 9.19. The van der Waals surface area contributed by atoms with Crippen LogP contribution in [0.25, 0.3) is 0 Å². The fourth-order valence-electron chi connectivity index (χ4n) is 0.402. The quantitative estimate of drug-likeness (QED) is 0.410. The van der Waals surface area contributed by atoms with Crippen LogP contribution in [0, 0.1) is 0 Å². The molecule has 0 rings (SSSR count). The fourth-order valence-corrected chi connectivity index (χ4v) is 0.402. The van der Waals surface area contributed by atoms with Gasteiger partial charge in [0, 0.05) is 6.61 Å². The lowest BCUT2D eigenvalue weighted by Crippen LogP contribution is -1.88. The third kappa shape index (κ3) is 52.4. The highest BCUT2D eigenvalue weighted by Gasteiger charge is 1.81. The van der Waals surface area contributed by atoms with E-state index >= 15 is 0 Å². The molecule has 0 aliphatic heterocycles. The average molecular weight is 208 g/mol. The Balaban J connectivity index is 0. The number of unbranched alkanes of at least 4 members (excludes halogenated alkanes) is 1. The van der Waals surface area contributed by atoms with Crippen LogP contribution in [0.5, 0.6) is 0 Å². The van der Waals surface area contributed by atoms with Gasteiger partial charge in [0.05, 0.1) is 6.26 Å². The van der Waals surface area contributed by atoms with Gasteiger partial charge >= 0.3 is 0 Å². The van der Waals surface area contributed by atoms with E-state index in [2.05, 4.69) is 6.58 Å². The van der Waals surface area contributed by atoms with Crippen molar-refractivity contribution in [2.45, 2.75) is 12.8 Å². The molecule has 78 valence electrons. The van der Waals surface area contributed by atoms with Crippen molar-refractivity contribution < 1.29 is 18.1 Å². The van der Waals surface area contributed by atoms with E-state index in [-0.39, 0.29) is 6.61 Å². The molecule has 0 saturated carbocycles. The molecular weight excluding hydrogens is 192 g/mol. The summed E-state index contributed by atoms with van der Waals surface area (Å²) < 4.78 is 25.9. The first kappa shape index (κ1) is 14.9. The minimum atomic E-state index is -3.67. The Morgan fingerprint density at radius 3 is 2.23 bits per heavy atom. The fraction of sp³-hybridized carbons (Fsp3) is 0.500. The van der Waals surface area contributed by atoms with Gasteiger partial charge in [-0.05, 0) is 12.8 Å². The molecule has 13 heavy (non-hydrogen) atoms. The van der Waals surface area contributed by atoms with Crippen LogP contribution < -0.4 is 0 Å². The normalized spacial score (nSPS) is 10.7. The third-order valence-corrected chi connectivity index (χ3v) is 0.801. The number of hydrogen-bond acceptors (Lipinski definition) is 3. The number of hydrogen-bond donors (Lipinski definition) is 2. The number of aliphatic hydroxyl groups excluding tert-OH is 1. The minimum Gasteiger partial charge on any atom is -0.396 e. The summed E-state index contributed by atoms with van der Waals surface area (Å²) in [5.74, 6) is 0. The second-order valence-corrected chi connectivity index (χ2v) is 3.73. The van der Waals surface area contributed by atoms with Crippen LogP contribution in [-0.4, -0.2) is 30.9 Å². The molecule has 2 N–H and O–H groups in total. The van der Waals surface area contributed by atoms with E-state index in [1.807, 2.05) is 12.2 Å². The lowest BCUT2D eigenvalue weighted by atomic mass is 10.3. The van der Waals surface area contributed by atoms with E-state index in [4.69, 9.17) is 9.66 Å². The van der Waals surface area contributed by atoms with Gasteiger partial charge in [-0.25, -0.2) is 0 Å². The highest BCUT2D eigenvalue weighted by Crippen LogP contribution is 1.87. The molecule has 0 aliphatic rings. The lowest BCUT2D eigenvalue weighted by molar-refractivity contribution is 0.289. The zero-order valence-electron chi connectivity index (χ0n) is 7.68. The molecule has 0 atom stereocenters. The number of allylic oxidation sites excluding steroid dienone is 3. The standard InChI is InChI=1S/C7H12O.CH4O3S/c1-2-3-4-5-6-7-8;1-5(2,3)4/h2-4,8H,1,5-7H2;1H3,(H,2,3,4). The lowest BCUT2D eigenvalue weighted by Gasteiger charge is -1.84. The van der Waals surface area contributed by atoms with Gasteiger partial charge < -0.3 is 5.11 Å². The first-order valence-corrected chi connectivity index (χ1v) is 5.57. The largest absolute Gasteiger partial charge is 0.396 e. The highest BCUT2D eigenvalue weighted by atomic mass is 32.2. The van der Waals surface area contributed by atoms with Crippen molar-refractivity contribution >= 4 is 10.1 Å². The predicted octanol–water partition coefficient (Wildman–Crippen LogP) is 1.01. The summed E-state index contributed by atoms with van der Waals surface area (Å²) in [6.45, 7) is 3.79. The molecule has 0 heterocycles. The molecule has 0 amide bonds. The van der Waals surface area contributed by atoms with Crippen molar-refractivity contribution in [3.63, 3.8) is 0 Å². The zero-order valence-corrected chi connectivity index (χ0v) is 8.50. The Labute approximate surface area is 79.3 Å². The van der Waals surface area contributed by atoms with Crippen molar-refractivity contribution in [3.8, 4) is 0 Å². The summed E-state index contributed by atoms with van der Waals surface area (Å²) in [5, 5.41) is 8.31. The van der Waals surface area contributed by atoms with Gasteiger partial charge in [-0.2, -0.15) is 8.42 Å². The Bertz CT molecular complexity index is 221. The second kappa shape index (κ2) is 9.44. The van der Waals surface area contributed by atoms with Crippen molar-refractivity contribution in [2.75, 3.05) is 12.9 Å². The SMILES string of the molecule is C=CC=CCCCO.CS(=O)(=O)O. The molecule has 0 bridgehead atoms. The second-order valence-electron chi connectivity index (χ2n) is 2.26. The first-order valence-electron chi connectivity index (χ1n) is 3.72. The molecule has 0 spiro atoms. The summed E-state index contributed by atoms with van der Waals surface area (Å²) in [4.78, 5) is 0. The van der Waals surface area contributed by atoms with Crippen LogP contribution in [0.1, 0.15) is 12.8 Å². The third-order valence-electron chi connectivity index (χ3n) is 0.801. The summed E-state index contributed by atoms with van der Waals surface area (Å²) >= 11 is 0. The van der Waals surface area contributed by atoms with Gasteiger partial charge in [0.1, 0.15) is 0 Å². The molecule has 0 fully saturated rings. The maximum absolute atomic E-state index is 9.19. The van der Waals surface area contributed by atoms with E-state index < -0.39 is 10.1 Å². The van der Waals surface area contributed by atoms with Crippen LogP contribution in [0.15, 0.2) is 24.8 Å². The van der Waals surface area contributed by atoms with E-state index in [1.54, 1.807) is 6.08 Å². The number of aliphatic hydroxyl groups is 1. The van der Waals surface area contributed by atoms with Crippen molar-refractivity contribution in [1.29, 1.82) is 0 Å². The van der Waals surface area contributed by atoms with Crippen LogP contribution in [0.4, 0.5) is 0 Å². The van der Waals surface area contributed by atoms with Gasteiger partial charge in [0.2, 0.25) is 0 Å². The van der Waals surface area contributed by atoms with Gasteiger partial charge in [-0.15, -0.1) is 0 Å². The molecule has 0 unspecified atom stereocenters. The molecule has 0 saturated heterocycles. The summed E-state index contributed by atoms with van der Waals surface area (Å²) in [6.07, 6.45) is 8.12. The Hall–Kier alpha value is -0.650. The smallest absolute Gasteiger partial charge is 0.261 e. The van der Waals surface area contributed by atoms with E-state index in [9.17, 15) is 8.42 Å². The van der Waals surface area contributed by atoms with Crippen molar-refractivity contribution in [3.05, 3.63) is 24.8 Å². The molecule has 4 nitrogen and oxygen atoms in total. The summed E-state index contributed by atoms with van der Waals surface area (Å²) in [7, 11) is -3.67. The summed E-state index contributed by atoms with van der Waals surface area (Å²) in [5.41, 5.74) is 0. The summed E-state index contributed by atoms with van der Waals surface area (Å²) in [6, 6.07) is 0. The number of rotatable bonds is 4. The van der Waals surface area contributed by atoms with Gasteiger partial charge in [0.25, 0.3) is 10.1 Å². The van der Waals surface area contributed by atoms with Gasteiger partial charge in [-0.1, -0.05) is 24.8 Å². The first-order chi connectivity index (χ1) is 5.91. The van der Waals surface area contributed by atoms with E-state index in [0.29, 0.717) is 6.26 Å². The Morgan fingerprint density at radius 1 is 1.46 bits per heavy atom. The van der Waals surface area contributed by atoms with Crippen LogP contribution in [0.2, 0.25) is 0 Å². The zero-order chi connectivity index (χ0) is 10.7. The topological polar surface area (TPSA) is 74.6 Å². The maximum Gasteiger partial charge on any atom is 0.261 e. The van der Waals surface area contributed by atoms with Crippen LogP contribution in [-0.2, 0) is 10.1 Å². The average Bonchev–Trinajstić information content (AvgIpc) is 1.95. The predicted molar refractivity (Wildman–Crippen MR) is 53.1 cm³/mol. The van der Waals surface area contributed by atoms with E-state index in [1.165, 1.54) is 0 Å². The molecule has 5 heteroatoms. The molecule has 0 aromatic rings. The Kier molecular flexibility index (Phi) is 10.8.